The van der Waals surface area contributed by atoms with Crippen molar-refractivity contribution in [3.05, 3.63) is 42.2 Å². The Labute approximate surface area is 125 Å². The van der Waals surface area contributed by atoms with Crippen molar-refractivity contribution in [1.29, 1.82) is 0 Å². The molecular weight excluding hydrogens is 274 g/mol. The van der Waals surface area contributed by atoms with Gasteiger partial charge in [0.1, 0.15) is 0 Å². The molecule has 0 bridgehead atoms. The molecule has 1 atom stereocenters. The summed E-state index contributed by atoms with van der Waals surface area (Å²) in [7, 11) is 0. The minimum Gasteiger partial charge on any atom is -0.314 e. The van der Waals surface area contributed by atoms with E-state index in [0.29, 0.717) is 6.04 Å². The highest BCUT2D eigenvalue weighted by molar-refractivity contribution is 5.85. The lowest BCUT2D eigenvalue weighted by molar-refractivity contribution is 0.163. The van der Waals surface area contributed by atoms with Gasteiger partial charge in [0.2, 0.25) is 0 Å². The molecule has 5 nitrogen and oxygen atoms in total. The summed E-state index contributed by atoms with van der Waals surface area (Å²) >= 11 is 0. The summed E-state index contributed by atoms with van der Waals surface area (Å²) in [5.74, 6) is 0. The topological polar surface area (TPSA) is 46.0 Å². The number of benzene rings is 1. The van der Waals surface area contributed by atoms with E-state index in [1.54, 1.807) is 0 Å². The molecule has 1 fully saturated rings. The van der Waals surface area contributed by atoms with E-state index in [-0.39, 0.29) is 12.4 Å². The van der Waals surface area contributed by atoms with Gasteiger partial charge in [-0.3, -0.25) is 4.90 Å². The van der Waals surface area contributed by atoms with E-state index < -0.39 is 0 Å². The van der Waals surface area contributed by atoms with E-state index in [1.807, 2.05) is 41.2 Å². The summed E-state index contributed by atoms with van der Waals surface area (Å²) in [5, 5.41) is 11.9. The average molecular weight is 294 g/mol. The lowest BCUT2D eigenvalue weighted by Crippen LogP contribution is -2.49. The first kappa shape index (κ1) is 15.0. The summed E-state index contributed by atoms with van der Waals surface area (Å²) < 4.78 is 1.84. The minimum absolute atomic E-state index is 0. The van der Waals surface area contributed by atoms with Crippen LogP contribution in [0.25, 0.3) is 5.69 Å². The van der Waals surface area contributed by atoms with Gasteiger partial charge < -0.3 is 5.32 Å². The number of hydrogen-bond donors (Lipinski definition) is 1. The van der Waals surface area contributed by atoms with Crippen molar-refractivity contribution in [2.24, 2.45) is 0 Å². The van der Waals surface area contributed by atoms with Crippen LogP contribution >= 0.6 is 12.4 Å². The molecule has 1 aliphatic heterocycles. The fourth-order valence-corrected chi connectivity index (χ4v) is 2.40. The summed E-state index contributed by atoms with van der Waals surface area (Å²) in [5.41, 5.74) is 2.08. The average Bonchev–Trinajstić information content (AvgIpc) is 2.91. The molecule has 0 saturated carbocycles. The second kappa shape index (κ2) is 6.83. The minimum atomic E-state index is 0. The smallest absolute Gasteiger partial charge is 0.0971 e. The predicted molar refractivity (Wildman–Crippen MR) is 81.3 cm³/mol. The summed E-state index contributed by atoms with van der Waals surface area (Å²) in [6.45, 7) is 6.28. The number of nitrogens with one attached hydrogen (secondary N) is 1. The van der Waals surface area contributed by atoms with E-state index >= 15 is 0 Å². The molecule has 0 aliphatic carbocycles. The normalized spacial score (nSPS) is 19.6. The largest absolute Gasteiger partial charge is 0.314 e. The van der Waals surface area contributed by atoms with E-state index in [0.717, 1.165) is 37.6 Å². The van der Waals surface area contributed by atoms with Crippen molar-refractivity contribution in [2.45, 2.75) is 19.5 Å². The molecule has 0 radical (unpaired) electrons. The molecule has 1 aromatic carbocycles. The molecule has 1 saturated heterocycles. The Bertz CT molecular complexity index is 527. The van der Waals surface area contributed by atoms with Gasteiger partial charge in [0.25, 0.3) is 0 Å². The SMILES string of the molecule is C[C@@H]1CNCCN1Cc1cn(-c2ccccc2)nn1.Cl. The number of piperazine rings is 1. The van der Waals surface area contributed by atoms with Gasteiger partial charge in [0.15, 0.2) is 0 Å². The van der Waals surface area contributed by atoms with Crippen molar-refractivity contribution < 1.29 is 0 Å². The van der Waals surface area contributed by atoms with Crippen LogP contribution in [-0.4, -0.2) is 45.6 Å². The molecule has 2 heterocycles. The van der Waals surface area contributed by atoms with Crippen molar-refractivity contribution in [3.8, 4) is 5.69 Å². The highest BCUT2D eigenvalue weighted by Gasteiger charge is 2.18. The van der Waals surface area contributed by atoms with Crippen LogP contribution in [0.5, 0.6) is 0 Å². The highest BCUT2D eigenvalue weighted by atomic mass is 35.5. The third kappa shape index (κ3) is 3.36. The molecule has 108 valence electrons. The summed E-state index contributed by atoms with van der Waals surface area (Å²) in [6, 6.07) is 10.6. The third-order valence-corrected chi connectivity index (χ3v) is 3.57. The fraction of sp³-hybridized carbons (Fsp3) is 0.429. The molecule has 6 heteroatoms. The van der Waals surface area contributed by atoms with E-state index in [4.69, 9.17) is 0 Å². The second-order valence-corrected chi connectivity index (χ2v) is 5.01. The molecule has 1 aromatic heterocycles. The maximum atomic E-state index is 4.27. The van der Waals surface area contributed by atoms with Crippen LogP contribution in [0, 0.1) is 0 Å². The zero-order valence-electron chi connectivity index (χ0n) is 11.6. The maximum absolute atomic E-state index is 4.27. The number of hydrogen-bond acceptors (Lipinski definition) is 4. The van der Waals surface area contributed by atoms with Crippen molar-refractivity contribution in [3.63, 3.8) is 0 Å². The Hall–Kier alpha value is -1.43. The van der Waals surface area contributed by atoms with E-state index in [1.165, 1.54) is 0 Å². The number of aromatic nitrogens is 3. The lowest BCUT2D eigenvalue weighted by atomic mass is 10.2. The molecular formula is C14H20ClN5. The molecule has 3 rings (SSSR count). The number of para-hydroxylation sites is 1. The van der Waals surface area contributed by atoms with Gasteiger partial charge in [0, 0.05) is 32.2 Å². The van der Waals surface area contributed by atoms with E-state index in [9.17, 15) is 0 Å². The Balaban J connectivity index is 0.00000147. The van der Waals surface area contributed by atoms with Crippen LogP contribution in [0.1, 0.15) is 12.6 Å². The Kier molecular flexibility index (Phi) is 5.11. The Morgan fingerprint density at radius 3 is 2.85 bits per heavy atom. The molecule has 1 N–H and O–H groups in total. The monoisotopic (exact) mass is 293 g/mol. The standard InChI is InChI=1S/C14H19N5.ClH/c1-12-9-15-7-8-18(12)10-13-11-19(17-16-13)14-5-3-2-4-6-14;/h2-6,11-12,15H,7-10H2,1H3;1H/t12-;/m1./s1. The first-order valence-corrected chi connectivity index (χ1v) is 6.74. The van der Waals surface area contributed by atoms with Gasteiger partial charge >= 0.3 is 0 Å². The van der Waals surface area contributed by atoms with Gasteiger partial charge in [-0.05, 0) is 19.1 Å². The number of halogens is 1. The lowest BCUT2D eigenvalue weighted by Gasteiger charge is -2.33. The van der Waals surface area contributed by atoms with Crippen molar-refractivity contribution >= 4 is 12.4 Å². The van der Waals surface area contributed by atoms with Crippen LogP contribution in [0.2, 0.25) is 0 Å². The molecule has 2 aromatic rings. The van der Waals surface area contributed by atoms with Crippen molar-refractivity contribution in [1.82, 2.24) is 25.2 Å². The van der Waals surface area contributed by atoms with Crippen LogP contribution in [0.3, 0.4) is 0 Å². The molecule has 0 amide bonds. The van der Waals surface area contributed by atoms with Crippen LogP contribution < -0.4 is 5.32 Å². The molecule has 1 aliphatic rings. The quantitative estimate of drug-likeness (QED) is 0.931. The maximum Gasteiger partial charge on any atom is 0.0971 e. The Morgan fingerprint density at radius 1 is 1.30 bits per heavy atom. The first-order valence-electron chi connectivity index (χ1n) is 6.74. The highest BCUT2D eigenvalue weighted by Crippen LogP contribution is 2.10. The van der Waals surface area contributed by atoms with Gasteiger partial charge in [0.05, 0.1) is 17.6 Å². The second-order valence-electron chi connectivity index (χ2n) is 5.01. The van der Waals surface area contributed by atoms with E-state index in [2.05, 4.69) is 27.5 Å². The molecule has 0 spiro atoms. The van der Waals surface area contributed by atoms with Gasteiger partial charge in [-0.1, -0.05) is 23.4 Å². The molecule has 20 heavy (non-hydrogen) atoms. The van der Waals surface area contributed by atoms with Crippen LogP contribution in [0.4, 0.5) is 0 Å². The van der Waals surface area contributed by atoms with Gasteiger partial charge in [-0.25, -0.2) is 4.68 Å². The zero-order chi connectivity index (χ0) is 13.1. The summed E-state index contributed by atoms with van der Waals surface area (Å²) in [6.07, 6.45) is 2.02. The predicted octanol–water partition coefficient (Wildman–Crippen LogP) is 1.48. The van der Waals surface area contributed by atoms with Crippen LogP contribution in [0.15, 0.2) is 36.5 Å². The molecule has 0 unspecified atom stereocenters. The van der Waals surface area contributed by atoms with Gasteiger partial charge in [-0.15, -0.1) is 17.5 Å². The Morgan fingerprint density at radius 2 is 2.10 bits per heavy atom. The first-order chi connectivity index (χ1) is 9.33. The van der Waals surface area contributed by atoms with Gasteiger partial charge in [-0.2, -0.15) is 0 Å². The third-order valence-electron chi connectivity index (χ3n) is 3.57. The number of rotatable bonds is 3. The number of nitrogens with zero attached hydrogens (tertiary/aromatic N) is 4. The summed E-state index contributed by atoms with van der Waals surface area (Å²) in [4.78, 5) is 2.44. The fourth-order valence-electron chi connectivity index (χ4n) is 2.40. The van der Waals surface area contributed by atoms with Crippen molar-refractivity contribution in [2.75, 3.05) is 19.6 Å². The van der Waals surface area contributed by atoms with Crippen LogP contribution in [-0.2, 0) is 6.54 Å². The zero-order valence-corrected chi connectivity index (χ0v) is 12.4.